The largest absolute Gasteiger partial charge is 0.469 e. The van der Waals surface area contributed by atoms with Gasteiger partial charge in [0.05, 0.1) is 6.26 Å². The molecular weight excluding hydrogens is 162 g/mol. The van der Waals surface area contributed by atoms with Crippen molar-refractivity contribution < 1.29 is 4.42 Å². The summed E-state index contributed by atoms with van der Waals surface area (Å²) in [7, 11) is 0. The molecule has 1 rings (SSSR count). The number of aryl methyl sites for hydroxylation is 1. The molecule has 72 valence electrons. The normalized spacial score (nSPS) is 12.8. The monoisotopic (exact) mass is 179 g/mol. The average Bonchev–Trinajstić information content (AvgIpc) is 2.51. The second-order valence-corrected chi connectivity index (χ2v) is 3.54. The number of hydrogen-bond acceptors (Lipinski definition) is 2. The Bertz CT molecular complexity index is 251. The van der Waals surface area contributed by atoms with E-state index in [1.165, 1.54) is 0 Å². The molecule has 0 saturated carbocycles. The maximum atomic E-state index is 5.89. The third-order valence-electron chi connectivity index (χ3n) is 1.95. The van der Waals surface area contributed by atoms with Crippen LogP contribution < -0.4 is 5.73 Å². The predicted octanol–water partition coefficient (Wildman–Crippen LogP) is 2.51. The van der Waals surface area contributed by atoms with Crippen molar-refractivity contribution >= 4 is 0 Å². The minimum atomic E-state index is 0.211. The van der Waals surface area contributed by atoms with Gasteiger partial charge in [-0.15, -0.1) is 6.58 Å². The van der Waals surface area contributed by atoms with Gasteiger partial charge in [-0.1, -0.05) is 5.57 Å². The summed E-state index contributed by atoms with van der Waals surface area (Å²) in [5, 5.41) is 0. The molecule has 0 aliphatic rings. The molecule has 0 bridgehead atoms. The molecule has 0 amide bonds. The Hall–Kier alpha value is -1.02. The van der Waals surface area contributed by atoms with Gasteiger partial charge in [-0.25, -0.2) is 0 Å². The Morgan fingerprint density at radius 3 is 3.00 bits per heavy atom. The molecule has 1 aromatic heterocycles. The first-order chi connectivity index (χ1) is 6.18. The molecule has 0 aliphatic carbocycles. The third kappa shape index (κ3) is 3.95. The van der Waals surface area contributed by atoms with Crippen LogP contribution in [0.5, 0.6) is 0 Å². The van der Waals surface area contributed by atoms with E-state index >= 15 is 0 Å². The van der Waals surface area contributed by atoms with Crippen molar-refractivity contribution in [2.45, 2.75) is 32.2 Å². The second-order valence-electron chi connectivity index (χ2n) is 3.54. The molecule has 0 saturated heterocycles. The van der Waals surface area contributed by atoms with Gasteiger partial charge in [0, 0.05) is 12.5 Å². The highest BCUT2D eigenvalue weighted by molar-refractivity contribution is 4.99. The standard InChI is InChI=1S/C11H17NO/c1-9(2)8-10(12)5-6-11-4-3-7-13-11/h3-4,7,10H,1,5-6,8,12H2,2H3. The fourth-order valence-corrected chi connectivity index (χ4v) is 1.33. The van der Waals surface area contributed by atoms with Crippen molar-refractivity contribution in [1.29, 1.82) is 0 Å². The molecule has 0 radical (unpaired) electrons. The van der Waals surface area contributed by atoms with Crippen molar-refractivity contribution in [3.05, 3.63) is 36.3 Å². The zero-order valence-electron chi connectivity index (χ0n) is 8.12. The Labute approximate surface area is 79.4 Å². The van der Waals surface area contributed by atoms with E-state index < -0.39 is 0 Å². The number of nitrogens with two attached hydrogens (primary N) is 1. The molecular formula is C11H17NO. The van der Waals surface area contributed by atoms with Crippen LogP contribution in [-0.4, -0.2) is 6.04 Å². The molecule has 1 unspecified atom stereocenters. The van der Waals surface area contributed by atoms with Gasteiger partial charge in [0.25, 0.3) is 0 Å². The maximum Gasteiger partial charge on any atom is 0.103 e. The summed E-state index contributed by atoms with van der Waals surface area (Å²) in [6.45, 7) is 5.84. The molecule has 1 aromatic rings. The lowest BCUT2D eigenvalue weighted by molar-refractivity contribution is 0.483. The van der Waals surface area contributed by atoms with Crippen molar-refractivity contribution in [2.24, 2.45) is 5.73 Å². The number of furan rings is 1. The van der Waals surface area contributed by atoms with Crippen LogP contribution in [0.3, 0.4) is 0 Å². The quantitative estimate of drug-likeness (QED) is 0.705. The van der Waals surface area contributed by atoms with E-state index in [9.17, 15) is 0 Å². The molecule has 0 aliphatic heterocycles. The zero-order chi connectivity index (χ0) is 9.68. The van der Waals surface area contributed by atoms with Crippen molar-refractivity contribution in [3.8, 4) is 0 Å². The maximum absolute atomic E-state index is 5.89. The minimum absolute atomic E-state index is 0.211. The van der Waals surface area contributed by atoms with Crippen LogP contribution in [0.25, 0.3) is 0 Å². The van der Waals surface area contributed by atoms with Crippen LogP contribution in [-0.2, 0) is 6.42 Å². The molecule has 2 nitrogen and oxygen atoms in total. The fourth-order valence-electron chi connectivity index (χ4n) is 1.33. The van der Waals surface area contributed by atoms with E-state index in [0.29, 0.717) is 0 Å². The summed E-state index contributed by atoms with van der Waals surface area (Å²) in [5.74, 6) is 1.01. The minimum Gasteiger partial charge on any atom is -0.469 e. The van der Waals surface area contributed by atoms with Gasteiger partial charge in [0.15, 0.2) is 0 Å². The molecule has 1 heterocycles. The Balaban J connectivity index is 2.22. The third-order valence-corrected chi connectivity index (χ3v) is 1.95. The molecule has 2 N–H and O–H groups in total. The van der Waals surface area contributed by atoms with Gasteiger partial charge in [0.1, 0.15) is 5.76 Å². The summed E-state index contributed by atoms with van der Waals surface area (Å²) in [5.41, 5.74) is 7.03. The van der Waals surface area contributed by atoms with Crippen molar-refractivity contribution in [2.75, 3.05) is 0 Å². The Morgan fingerprint density at radius 1 is 1.69 bits per heavy atom. The van der Waals surface area contributed by atoms with Gasteiger partial charge in [-0.2, -0.15) is 0 Å². The highest BCUT2D eigenvalue weighted by atomic mass is 16.3. The molecule has 13 heavy (non-hydrogen) atoms. The van der Waals surface area contributed by atoms with Crippen LogP contribution in [0.15, 0.2) is 35.0 Å². The van der Waals surface area contributed by atoms with E-state index in [2.05, 4.69) is 6.58 Å². The lowest BCUT2D eigenvalue weighted by Gasteiger charge is -2.09. The molecule has 2 heteroatoms. The summed E-state index contributed by atoms with van der Waals surface area (Å²) in [6.07, 6.45) is 4.47. The van der Waals surface area contributed by atoms with Crippen LogP contribution in [0, 0.1) is 0 Å². The topological polar surface area (TPSA) is 39.2 Å². The van der Waals surface area contributed by atoms with Crippen LogP contribution in [0.1, 0.15) is 25.5 Å². The summed E-state index contributed by atoms with van der Waals surface area (Å²) < 4.78 is 5.21. The lowest BCUT2D eigenvalue weighted by Crippen LogP contribution is -2.20. The van der Waals surface area contributed by atoms with Gasteiger partial charge in [-0.05, 0) is 31.9 Å². The van der Waals surface area contributed by atoms with E-state index in [4.69, 9.17) is 10.2 Å². The Morgan fingerprint density at radius 2 is 2.46 bits per heavy atom. The SMILES string of the molecule is C=C(C)CC(N)CCc1ccco1. The first-order valence-electron chi connectivity index (χ1n) is 4.61. The van der Waals surface area contributed by atoms with Crippen LogP contribution in [0.2, 0.25) is 0 Å². The van der Waals surface area contributed by atoms with E-state index in [1.54, 1.807) is 6.26 Å². The summed E-state index contributed by atoms with van der Waals surface area (Å²) >= 11 is 0. The van der Waals surface area contributed by atoms with Crippen LogP contribution in [0.4, 0.5) is 0 Å². The average molecular weight is 179 g/mol. The van der Waals surface area contributed by atoms with Gasteiger partial charge >= 0.3 is 0 Å². The fraction of sp³-hybridized carbons (Fsp3) is 0.455. The predicted molar refractivity (Wildman–Crippen MR) is 54.4 cm³/mol. The molecule has 0 aromatic carbocycles. The smallest absolute Gasteiger partial charge is 0.103 e. The zero-order valence-corrected chi connectivity index (χ0v) is 8.12. The lowest BCUT2D eigenvalue weighted by atomic mass is 10.0. The summed E-state index contributed by atoms with van der Waals surface area (Å²) in [6, 6.07) is 4.09. The van der Waals surface area contributed by atoms with Crippen molar-refractivity contribution in [1.82, 2.24) is 0 Å². The Kier molecular flexibility index (Phi) is 3.77. The first-order valence-corrected chi connectivity index (χ1v) is 4.61. The molecule has 1 atom stereocenters. The van der Waals surface area contributed by atoms with Crippen LogP contribution >= 0.6 is 0 Å². The van der Waals surface area contributed by atoms with E-state index in [1.807, 2.05) is 19.1 Å². The van der Waals surface area contributed by atoms with Gasteiger partial charge < -0.3 is 10.2 Å². The first kappa shape index (κ1) is 10.1. The molecule has 0 fully saturated rings. The van der Waals surface area contributed by atoms with Crippen molar-refractivity contribution in [3.63, 3.8) is 0 Å². The molecule has 0 spiro atoms. The van der Waals surface area contributed by atoms with Gasteiger partial charge in [-0.3, -0.25) is 0 Å². The number of hydrogen-bond donors (Lipinski definition) is 1. The van der Waals surface area contributed by atoms with Gasteiger partial charge in [0.2, 0.25) is 0 Å². The highest BCUT2D eigenvalue weighted by Gasteiger charge is 2.04. The van der Waals surface area contributed by atoms with E-state index in [0.717, 1.165) is 30.6 Å². The highest BCUT2D eigenvalue weighted by Crippen LogP contribution is 2.09. The number of rotatable bonds is 5. The van der Waals surface area contributed by atoms with E-state index in [-0.39, 0.29) is 6.04 Å². The second kappa shape index (κ2) is 4.87. The summed E-state index contributed by atoms with van der Waals surface area (Å²) in [4.78, 5) is 0.